The molecule has 0 radical (unpaired) electrons. The monoisotopic (exact) mass is 312 g/mol. The van der Waals surface area contributed by atoms with Gasteiger partial charge in [0.2, 0.25) is 5.91 Å². The molecule has 0 spiro atoms. The van der Waals surface area contributed by atoms with Crippen LogP contribution in [0.5, 0.6) is 0 Å². The first-order valence-electron chi connectivity index (χ1n) is 7.23. The topological polar surface area (TPSA) is 64.4 Å². The van der Waals surface area contributed by atoms with Gasteiger partial charge in [-0.1, -0.05) is 18.2 Å². The second-order valence-electron chi connectivity index (χ2n) is 5.64. The van der Waals surface area contributed by atoms with Crippen molar-refractivity contribution in [3.8, 4) is 0 Å². The zero-order valence-electron chi connectivity index (χ0n) is 12.8. The van der Waals surface area contributed by atoms with Crippen LogP contribution in [0.3, 0.4) is 0 Å². The summed E-state index contributed by atoms with van der Waals surface area (Å²) in [6, 6.07) is 6.27. The quantitative estimate of drug-likeness (QED) is 0.892. The maximum Gasteiger partial charge on any atom is 0.240 e. The first-order chi connectivity index (χ1) is 9.53. The van der Waals surface area contributed by atoms with E-state index in [1.807, 2.05) is 0 Å². The van der Waals surface area contributed by atoms with Gasteiger partial charge in [0.25, 0.3) is 0 Å². The molecular weight excluding hydrogens is 288 g/mol. The lowest BCUT2D eigenvalue weighted by Crippen LogP contribution is -2.57. The van der Waals surface area contributed by atoms with Crippen LogP contribution in [0, 0.1) is 13.8 Å². The second kappa shape index (κ2) is 7.78. The highest BCUT2D eigenvalue weighted by molar-refractivity contribution is 5.86. The van der Waals surface area contributed by atoms with Gasteiger partial charge in [-0.15, -0.1) is 12.4 Å². The molecular formula is C16H25ClN2O2. The molecule has 0 unspecified atom stereocenters. The van der Waals surface area contributed by atoms with Gasteiger partial charge in [0.05, 0.1) is 5.54 Å². The van der Waals surface area contributed by atoms with Crippen LogP contribution in [0.15, 0.2) is 18.2 Å². The van der Waals surface area contributed by atoms with Crippen LogP contribution < -0.4 is 11.1 Å². The third-order valence-electron chi connectivity index (χ3n) is 4.14. The van der Waals surface area contributed by atoms with E-state index in [-0.39, 0.29) is 18.3 Å². The summed E-state index contributed by atoms with van der Waals surface area (Å²) >= 11 is 0. The standard InChI is InChI=1S/C16H24N2O2.ClH/c1-12-4-3-5-13(2)14(12)6-9-18-15(19)16(17)7-10-20-11-8-16;/h3-5H,6-11,17H2,1-2H3,(H,18,19);1H. The van der Waals surface area contributed by atoms with Crippen LogP contribution in [0.25, 0.3) is 0 Å². The maximum atomic E-state index is 12.2. The number of nitrogens with one attached hydrogen (secondary N) is 1. The number of rotatable bonds is 4. The Bertz CT molecular complexity index is 465. The number of halogens is 1. The lowest BCUT2D eigenvalue weighted by molar-refractivity contribution is -0.129. The van der Waals surface area contributed by atoms with Gasteiger partial charge in [-0.05, 0) is 49.8 Å². The van der Waals surface area contributed by atoms with Crippen LogP contribution in [-0.4, -0.2) is 31.2 Å². The van der Waals surface area contributed by atoms with Crippen molar-refractivity contribution in [2.75, 3.05) is 19.8 Å². The molecule has 0 aromatic heterocycles. The number of ether oxygens (including phenoxy) is 1. The Kier molecular flexibility index (Phi) is 6.65. The minimum atomic E-state index is -0.751. The normalized spacial score (nSPS) is 16.9. The van der Waals surface area contributed by atoms with Crippen LogP contribution in [-0.2, 0) is 16.0 Å². The number of amides is 1. The summed E-state index contributed by atoms with van der Waals surface area (Å²) in [7, 11) is 0. The lowest BCUT2D eigenvalue weighted by atomic mass is 9.90. The Morgan fingerprint density at radius 1 is 1.29 bits per heavy atom. The predicted molar refractivity (Wildman–Crippen MR) is 86.8 cm³/mol. The molecule has 1 fully saturated rings. The SMILES string of the molecule is Cc1cccc(C)c1CCNC(=O)C1(N)CCOCC1.Cl. The summed E-state index contributed by atoms with van der Waals surface area (Å²) in [6.07, 6.45) is 2.04. The van der Waals surface area contributed by atoms with E-state index in [9.17, 15) is 4.79 Å². The average Bonchev–Trinajstić information content (AvgIpc) is 2.42. The predicted octanol–water partition coefficient (Wildman–Crippen LogP) is 1.89. The second-order valence-corrected chi connectivity index (χ2v) is 5.64. The van der Waals surface area contributed by atoms with Crippen molar-refractivity contribution in [1.82, 2.24) is 5.32 Å². The smallest absolute Gasteiger partial charge is 0.240 e. The fraction of sp³-hybridized carbons (Fsp3) is 0.562. The summed E-state index contributed by atoms with van der Waals surface area (Å²) in [5, 5.41) is 2.98. The Hall–Kier alpha value is -1.10. The number of hydrogen-bond acceptors (Lipinski definition) is 3. The molecule has 0 atom stereocenters. The van der Waals surface area contributed by atoms with Crippen molar-refractivity contribution in [3.63, 3.8) is 0 Å². The Morgan fingerprint density at radius 3 is 2.43 bits per heavy atom. The fourth-order valence-electron chi connectivity index (χ4n) is 2.68. The number of nitrogens with two attached hydrogens (primary N) is 1. The van der Waals surface area contributed by atoms with E-state index in [1.54, 1.807) is 0 Å². The van der Waals surface area contributed by atoms with Crippen LogP contribution in [0.2, 0.25) is 0 Å². The Morgan fingerprint density at radius 2 is 1.86 bits per heavy atom. The van der Waals surface area contributed by atoms with E-state index in [0.717, 1.165) is 6.42 Å². The van der Waals surface area contributed by atoms with Crippen molar-refractivity contribution in [1.29, 1.82) is 0 Å². The van der Waals surface area contributed by atoms with Crippen LogP contribution in [0.4, 0.5) is 0 Å². The zero-order chi connectivity index (χ0) is 14.6. The fourth-order valence-corrected chi connectivity index (χ4v) is 2.68. The van der Waals surface area contributed by atoms with Gasteiger partial charge in [-0.3, -0.25) is 4.79 Å². The minimum absolute atomic E-state index is 0. The minimum Gasteiger partial charge on any atom is -0.381 e. The third-order valence-corrected chi connectivity index (χ3v) is 4.14. The molecule has 1 aromatic carbocycles. The van der Waals surface area contributed by atoms with Crippen molar-refractivity contribution in [2.45, 2.75) is 38.6 Å². The molecule has 5 heteroatoms. The number of aryl methyl sites for hydroxylation is 2. The first-order valence-corrected chi connectivity index (χ1v) is 7.23. The van der Waals surface area contributed by atoms with Crippen molar-refractivity contribution in [2.24, 2.45) is 5.73 Å². The highest BCUT2D eigenvalue weighted by Gasteiger charge is 2.35. The molecule has 1 aliphatic heterocycles. The first kappa shape index (κ1) is 18.0. The largest absolute Gasteiger partial charge is 0.381 e. The van der Waals surface area contributed by atoms with Gasteiger partial charge in [-0.2, -0.15) is 0 Å². The summed E-state index contributed by atoms with van der Waals surface area (Å²) in [6.45, 7) is 5.98. The van der Waals surface area contributed by atoms with E-state index in [4.69, 9.17) is 10.5 Å². The van der Waals surface area contributed by atoms with E-state index in [2.05, 4.69) is 37.4 Å². The summed E-state index contributed by atoms with van der Waals surface area (Å²) in [5.41, 5.74) is 9.25. The zero-order valence-corrected chi connectivity index (χ0v) is 13.6. The van der Waals surface area contributed by atoms with Gasteiger partial charge in [0.15, 0.2) is 0 Å². The molecule has 1 heterocycles. The summed E-state index contributed by atoms with van der Waals surface area (Å²) < 4.78 is 5.26. The van der Waals surface area contributed by atoms with E-state index in [0.29, 0.717) is 32.6 Å². The lowest BCUT2D eigenvalue weighted by Gasteiger charge is -2.31. The Labute approximate surface area is 132 Å². The molecule has 1 amide bonds. The van der Waals surface area contributed by atoms with Gasteiger partial charge in [-0.25, -0.2) is 0 Å². The van der Waals surface area contributed by atoms with E-state index in [1.165, 1.54) is 16.7 Å². The summed E-state index contributed by atoms with van der Waals surface area (Å²) in [4.78, 5) is 12.2. The van der Waals surface area contributed by atoms with Gasteiger partial charge < -0.3 is 15.8 Å². The maximum absolute atomic E-state index is 12.2. The molecule has 1 saturated heterocycles. The molecule has 1 aliphatic rings. The third kappa shape index (κ3) is 4.43. The molecule has 0 bridgehead atoms. The van der Waals surface area contributed by atoms with Crippen molar-refractivity contribution in [3.05, 3.63) is 34.9 Å². The molecule has 4 nitrogen and oxygen atoms in total. The summed E-state index contributed by atoms with van der Waals surface area (Å²) in [5.74, 6) is -0.0490. The van der Waals surface area contributed by atoms with Crippen molar-refractivity contribution >= 4 is 18.3 Å². The molecule has 21 heavy (non-hydrogen) atoms. The molecule has 0 saturated carbocycles. The highest BCUT2D eigenvalue weighted by Crippen LogP contribution is 2.18. The molecule has 2 rings (SSSR count). The number of carbonyl (C=O) groups excluding carboxylic acids is 1. The Balaban J connectivity index is 0.00000220. The number of carbonyl (C=O) groups is 1. The van der Waals surface area contributed by atoms with E-state index < -0.39 is 5.54 Å². The van der Waals surface area contributed by atoms with Gasteiger partial charge >= 0.3 is 0 Å². The molecule has 0 aliphatic carbocycles. The van der Waals surface area contributed by atoms with Crippen molar-refractivity contribution < 1.29 is 9.53 Å². The highest BCUT2D eigenvalue weighted by atomic mass is 35.5. The van der Waals surface area contributed by atoms with Crippen LogP contribution in [0.1, 0.15) is 29.5 Å². The van der Waals surface area contributed by atoms with E-state index >= 15 is 0 Å². The molecule has 3 N–H and O–H groups in total. The number of hydrogen-bond donors (Lipinski definition) is 2. The number of benzene rings is 1. The molecule has 118 valence electrons. The molecule has 1 aromatic rings. The average molecular weight is 313 g/mol. The van der Waals surface area contributed by atoms with Gasteiger partial charge in [0.1, 0.15) is 0 Å². The van der Waals surface area contributed by atoms with Gasteiger partial charge in [0, 0.05) is 19.8 Å². The van der Waals surface area contributed by atoms with Crippen LogP contribution >= 0.6 is 12.4 Å².